The molecule has 1 atom stereocenters. The number of para-hydroxylation sites is 1. The van der Waals surface area contributed by atoms with Crippen molar-refractivity contribution >= 4 is 23.2 Å². The van der Waals surface area contributed by atoms with E-state index in [-0.39, 0.29) is 6.17 Å². The number of hydrogen-bond donors (Lipinski definition) is 2. The molecule has 0 spiro atoms. The Balaban J connectivity index is 1.27. The summed E-state index contributed by atoms with van der Waals surface area (Å²) in [6.07, 6.45) is 3.80. The summed E-state index contributed by atoms with van der Waals surface area (Å²) in [6, 6.07) is 8.01. The third-order valence-electron chi connectivity index (χ3n) is 6.68. The maximum Gasteiger partial charge on any atom is 0.217 e. The summed E-state index contributed by atoms with van der Waals surface area (Å²) in [5.74, 6) is 1.88. The molecule has 3 aliphatic heterocycles. The molecule has 1 aromatic heterocycles. The molecule has 0 saturated heterocycles. The Morgan fingerprint density at radius 1 is 1.24 bits per heavy atom. The number of amidine groups is 1. The fourth-order valence-electron chi connectivity index (χ4n) is 4.94. The van der Waals surface area contributed by atoms with E-state index in [2.05, 4.69) is 40.1 Å². The summed E-state index contributed by atoms with van der Waals surface area (Å²) in [7, 11) is 1.64. The van der Waals surface area contributed by atoms with Crippen molar-refractivity contribution in [3.8, 4) is 5.75 Å². The van der Waals surface area contributed by atoms with Crippen molar-refractivity contribution in [1.29, 1.82) is 0 Å². The molecule has 0 saturated carbocycles. The van der Waals surface area contributed by atoms with Crippen LogP contribution in [0.2, 0.25) is 0 Å². The van der Waals surface area contributed by atoms with Gasteiger partial charge >= 0.3 is 0 Å². The van der Waals surface area contributed by atoms with Gasteiger partial charge in [-0.2, -0.15) is 0 Å². The maximum atomic E-state index is 6.23. The van der Waals surface area contributed by atoms with Crippen LogP contribution in [0.1, 0.15) is 37.1 Å². The monoisotopic (exact) mass is 448 g/mol. The number of nitrogens with two attached hydrogens (primary N) is 1. The number of guanidine groups is 1. The van der Waals surface area contributed by atoms with Crippen molar-refractivity contribution in [2.45, 2.75) is 39.4 Å². The van der Waals surface area contributed by atoms with Crippen LogP contribution in [-0.2, 0) is 13.0 Å². The van der Waals surface area contributed by atoms with Crippen LogP contribution in [0.3, 0.4) is 0 Å². The number of nitrogens with zero attached hydrogens (tertiary/aromatic N) is 6. The van der Waals surface area contributed by atoms with Gasteiger partial charge in [-0.15, -0.1) is 0 Å². The van der Waals surface area contributed by atoms with Crippen molar-refractivity contribution < 1.29 is 4.74 Å². The highest BCUT2D eigenvalue weighted by atomic mass is 16.5. The molecule has 9 nitrogen and oxygen atoms in total. The Kier molecular flexibility index (Phi) is 5.90. The summed E-state index contributed by atoms with van der Waals surface area (Å²) in [5.41, 5.74) is 15.2. The Morgan fingerprint density at radius 3 is 2.88 bits per heavy atom. The lowest BCUT2D eigenvalue weighted by atomic mass is 10.0. The molecule has 0 amide bonds. The number of rotatable bonds is 7. The molecular weight excluding hydrogens is 416 g/mol. The lowest BCUT2D eigenvalue weighted by molar-refractivity contribution is 0.231. The van der Waals surface area contributed by atoms with Crippen LogP contribution in [0, 0.1) is 0 Å². The Morgan fingerprint density at radius 2 is 2.09 bits per heavy atom. The highest BCUT2D eigenvalue weighted by Crippen LogP contribution is 2.36. The average Bonchev–Trinajstić information content (AvgIpc) is 3.28. The number of methoxy groups -OCH3 is 1. The van der Waals surface area contributed by atoms with E-state index in [4.69, 9.17) is 20.4 Å². The Labute approximate surface area is 194 Å². The maximum absolute atomic E-state index is 6.23. The molecule has 174 valence electrons. The molecule has 3 aliphatic rings. The minimum atomic E-state index is -0.0535. The predicted molar refractivity (Wildman–Crippen MR) is 131 cm³/mol. The molecule has 4 heterocycles. The average molecular weight is 449 g/mol. The molecular formula is C24H32N8O. The first-order valence-electron chi connectivity index (χ1n) is 11.7. The van der Waals surface area contributed by atoms with Gasteiger partial charge in [-0.05, 0) is 50.5 Å². The summed E-state index contributed by atoms with van der Waals surface area (Å²) >= 11 is 0. The van der Waals surface area contributed by atoms with Crippen molar-refractivity contribution in [2.75, 3.05) is 38.2 Å². The topological polar surface area (TPSA) is 94.6 Å². The molecule has 0 fully saturated rings. The number of nitrogens with one attached hydrogen (secondary N) is 1. The highest BCUT2D eigenvalue weighted by Gasteiger charge is 2.34. The summed E-state index contributed by atoms with van der Waals surface area (Å²) in [4.78, 5) is 19.1. The van der Waals surface area contributed by atoms with Gasteiger partial charge in [0.1, 0.15) is 17.6 Å². The third-order valence-corrected chi connectivity index (χ3v) is 6.68. The van der Waals surface area contributed by atoms with Crippen LogP contribution in [0.15, 0.2) is 40.4 Å². The molecule has 0 bridgehead atoms. The van der Waals surface area contributed by atoms with Gasteiger partial charge in [-0.1, -0.05) is 6.07 Å². The van der Waals surface area contributed by atoms with Gasteiger partial charge < -0.3 is 15.4 Å². The molecule has 0 radical (unpaired) electrons. The lowest BCUT2D eigenvalue weighted by Crippen LogP contribution is -2.50. The second-order valence-electron chi connectivity index (χ2n) is 8.50. The summed E-state index contributed by atoms with van der Waals surface area (Å²) in [6.45, 7) is 9.29. The van der Waals surface area contributed by atoms with E-state index < -0.39 is 0 Å². The molecule has 9 heteroatoms. The number of hydrogen-bond acceptors (Lipinski definition) is 9. The third kappa shape index (κ3) is 3.91. The van der Waals surface area contributed by atoms with Crippen LogP contribution in [0.25, 0.3) is 0 Å². The first-order valence-corrected chi connectivity index (χ1v) is 11.7. The predicted octanol–water partition coefficient (Wildman–Crippen LogP) is 2.24. The van der Waals surface area contributed by atoms with Gasteiger partial charge in [-0.25, -0.2) is 20.4 Å². The number of hydrazine groups is 1. The van der Waals surface area contributed by atoms with Gasteiger partial charge in [0.25, 0.3) is 0 Å². The second kappa shape index (κ2) is 8.99. The molecule has 1 unspecified atom stereocenters. The van der Waals surface area contributed by atoms with Crippen LogP contribution < -0.4 is 20.8 Å². The minimum absolute atomic E-state index is 0.0535. The number of benzene rings is 1. The smallest absolute Gasteiger partial charge is 0.217 e. The quantitative estimate of drug-likeness (QED) is 0.671. The Hall–Kier alpha value is -3.17. The van der Waals surface area contributed by atoms with Crippen LogP contribution >= 0.6 is 0 Å². The number of ether oxygens (including phenoxy) is 1. The number of pyridine rings is 1. The van der Waals surface area contributed by atoms with Crippen LogP contribution in [0.4, 0.5) is 11.4 Å². The molecule has 2 aromatic rings. The van der Waals surface area contributed by atoms with Crippen molar-refractivity contribution in [1.82, 2.24) is 20.3 Å². The number of aliphatic imine (C=N–C) groups is 2. The largest absolute Gasteiger partial charge is 0.494 e. The van der Waals surface area contributed by atoms with E-state index in [9.17, 15) is 0 Å². The zero-order chi connectivity index (χ0) is 22.9. The molecule has 33 heavy (non-hydrogen) atoms. The standard InChI is InChI=1S/C24H32N8O/c1-4-31(5-2)19-9-12-26-18-15-30(13-10-16(18)19)14-11-21-27-23-17-7-6-8-20(33-3)22(17)28-24(25)32(23)29-21/h6-9,12,21,29H,4-5,10-11,13-15H2,1-3H3,(H2,25,28). The fraction of sp³-hybridized carbons (Fsp3) is 0.458. The number of fused-ring (bicyclic) bond motifs is 4. The number of anilines is 1. The minimum Gasteiger partial charge on any atom is -0.494 e. The SMILES string of the molecule is CCN(CC)c1ccnc2c1CCN(CCC1N=C3c4cccc(OC)c4N=C(N)N3N1)C2. The van der Waals surface area contributed by atoms with Crippen LogP contribution in [0.5, 0.6) is 5.75 Å². The first kappa shape index (κ1) is 21.7. The highest BCUT2D eigenvalue weighted by molar-refractivity contribution is 6.15. The zero-order valence-electron chi connectivity index (χ0n) is 19.6. The molecule has 0 aliphatic carbocycles. The van der Waals surface area contributed by atoms with E-state index in [1.165, 1.54) is 16.9 Å². The summed E-state index contributed by atoms with van der Waals surface area (Å²) < 4.78 is 5.46. The van der Waals surface area contributed by atoms with Gasteiger partial charge in [0, 0.05) is 50.2 Å². The molecule has 5 rings (SSSR count). The van der Waals surface area contributed by atoms with E-state index in [0.29, 0.717) is 11.7 Å². The van der Waals surface area contributed by atoms with E-state index in [1.54, 1.807) is 12.1 Å². The van der Waals surface area contributed by atoms with E-state index >= 15 is 0 Å². The normalized spacial score (nSPS) is 19.4. The summed E-state index contributed by atoms with van der Waals surface area (Å²) in [5, 5.41) is 1.79. The fourth-order valence-corrected chi connectivity index (χ4v) is 4.94. The molecule has 3 N–H and O–H groups in total. The first-order chi connectivity index (χ1) is 16.1. The zero-order valence-corrected chi connectivity index (χ0v) is 19.6. The lowest BCUT2D eigenvalue weighted by Gasteiger charge is -2.32. The molecule has 1 aromatic carbocycles. The van der Waals surface area contributed by atoms with Gasteiger partial charge in [0.15, 0.2) is 5.84 Å². The van der Waals surface area contributed by atoms with E-state index in [0.717, 1.165) is 62.7 Å². The van der Waals surface area contributed by atoms with Gasteiger partial charge in [0.2, 0.25) is 5.96 Å². The second-order valence-corrected chi connectivity index (χ2v) is 8.50. The van der Waals surface area contributed by atoms with Crippen molar-refractivity contribution in [3.05, 3.63) is 47.3 Å². The van der Waals surface area contributed by atoms with Gasteiger partial charge in [0.05, 0.1) is 12.8 Å². The number of aromatic nitrogens is 1. The van der Waals surface area contributed by atoms with Crippen molar-refractivity contribution in [3.63, 3.8) is 0 Å². The van der Waals surface area contributed by atoms with Crippen molar-refractivity contribution in [2.24, 2.45) is 15.7 Å². The van der Waals surface area contributed by atoms with Gasteiger partial charge in [-0.3, -0.25) is 9.88 Å². The van der Waals surface area contributed by atoms with Crippen LogP contribution in [-0.4, -0.2) is 66.1 Å². The Bertz CT molecular complexity index is 1090. The van der Waals surface area contributed by atoms with E-state index in [1.807, 2.05) is 24.4 Å².